The predicted molar refractivity (Wildman–Crippen MR) is 57.4 cm³/mol. The van der Waals surface area contributed by atoms with Gasteiger partial charge in [0.25, 0.3) is 0 Å². The van der Waals surface area contributed by atoms with Crippen molar-refractivity contribution in [3.05, 3.63) is 59.7 Å². The molecule has 2 aromatic carbocycles. The molecule has 2 heteroatoms. The fourth-order valence-electron chi connectivity index (χ4n) is 2.22. The molecule has 0 atom stereocenters. The molecule has 3 rings (SSSR count). The molecule has 0 amide bonds. The monoisotopic (exact) mass is 198 g/mol. The lowest BCUT2D eigenvalue weighted by molar-refractivity contribution is -0.269. The molecule has 0 saturated carbocycles. The van der Waals surface area contributed by atoms with Crippen LogP contribution in [0.3, 0.4) is 0 Å². The van der Waals surface area contributed by atoms with Crippen LogP contribution < -0.4 is 0 Å². The summed E-state index contributed by atoms with van der Waals surface area (Å²) >= 11 is 0. The van der Waals surface area contributed by atoms with Gasteiger partial charge in [-0.05, 0) is 22.3 Å². The Bertz CT molecular complexity index is 460. The van der Waals surface area contributed by atoms with Crippen LogP contribution in [0.1, 0.15) is 17.2 Å². The van der Waals surface area contributed by atoms with Gasteiger partial charge in [0.15, 0.2) is 0 Å². The van der Waals surface area contributed by atoms with Gasteiger partial charge in [-0.2, -0.15) is 0 Å². The van der Waals surface area contributed by atoms with Gasteiger partial charge in [-0.25, -0.2) is 4.89 Å². The van der Waals surface area contributed by atoms with E-state index in [0.29, 0.717) is 0 Å². The fraction of sp³-hybridized carbons (Fsp3) is 0.0769. The summed E-state index contributed by atoms with van der Waals surface area (Å²) in [6, 6.07) is 16.0. The molecule has 0 radical (unpaired) electrons. The minimum atomic E-state index is -0.336. The van der Waals surface area contributed by atoms with Crippen molar-refractivity contribution in [3.8, 4) is 11.1 Å². The molecule has 74 valence electrons. The Morgan fingerprint density at radius 3 is 1.73 bits per heavy atom. The second kappa shape index (κ2) is 3.19. The predicted octanol–water partition coefficient (Wildman–Crippen LogP) is 3.25. The van der Waals surface area contributed by atoms with Gasteiger partial charge in [0.1, 0.15) is 6.10 Å². The molecule has 0 bridgehead atoms. The van der Waals surface area contributed by atoms with Crippen molar-refractivity contribution in [2.24, 2.45) is 0 Å². The van der Waals surface area contributed by atoms with Crippen LogP contribution in [0.2, 0.25) is 0 Å². The molecule has 15 heavy (non-hydrogen) atoms. The van der Waals surface area contributed by atoms with Gasteiger partial charge in [-0.1, -0.05) is 48.5 Å². The lowest BCUT2D eigenvalue weighted by atomic mass is 10.1. The van der Waals surface area contributed by atoms with E-state index in [1.165, 1.54) is 0 Å². The van der Waals surface area contributed by atoms with Crippen LogP contribution >= 0.6 is 0 Å². The zero-order valence-corrected chi connectivity index (χ0v) is 8.05. The summed E-state index contributed by atoms with van der Waals surface area (Å²) in [4.78, 5) is 4.56. The molecule has 2 aromatic rings. The molecule has 0 unspecified atom stereocenters. The average molecular weight is 198 g/mol. The zero-order chi connectivity index (χ0) is 10.3. The minimum Gasteiger partial charge on any atom is -0.251 e. The molecule has 1 aliphatic rings. The first kappa shape index (κ1) is 8.65. The number of rotatable bonds is 1. The maximum absolute atomic E-state index is 8.96. The van der Waals surface area contributed by atoms with Crippen molar-refractivity contribution < 1.29 is 10.1 Å². The summed E-state index contributed by atoms with van der Waals surface area (Å²) in [5.74, 6) is 0. The van der Waals surface area contributed by atoms with Crippen LogP contribution in [0, 0.1) is 0 Å². The Morgan fingerprint density at radius 2 is 1.27 bits per heavy atom. The van der Waals surface area contributed by atoms with E-state index in [2.05, 4.69) is 4.89 Å². The highest BCUT2D eigenvalue weighted by Gasteiger charge is 2.28. The third-order valence-corrected chi connectivity index (χ3v) is 2.88. The smallest absolute Gasteiger partial charge is 0.144 e. The largest absolute Gasteiger partial charge is 0.251 e. The van der Waals surface area contributed by atoms with Gasteiger partial charge in [0.2, 0.25) is 0 Å². The van der Waals surface area contributed by atoms with Crippen molar-refractivity contribution in [1.82, 2.24) is 0 Å². The summed E-state index contributed by atoms with van der Waals surface area (Å²) in [7, 11) is 0. The molecule has 0 aromatic heterocycles. The van der Waals surface area contributed by atoms with E-state index >= 15 is 0 Å². The maximum Gasteiger partial charge on any atom is 0.144 e. The minimum absolute atomic E-state index is 0.336. The second-order valence-corrected chi connectivity index (χ2v) is 3.66. The quantitative estimate of drug-likeness (QED) is 0.563. The lowest BCUT2D eigenvalue weighted by Gasteiger charge is -2.07. The number of fused-ring (bicyclic) bond motifs is 3. The number of benzene rings is 2. The average Bonchev–Trinajstić information content (AvgIpc) is 2.63. The van der Waals surface area contributed by atoms with Gasteiger partial charge in [-0.15, -0.1) is 0 Å². The summed E-state index contributed by atoms with van der Waals surface area (Å²) in [5, 5.41) is 8.96. The van der Waals surface area contributed by atoms with E-state index in [9.17, 15) is 0 Å². The standard InChI is InChI=1S/C13H10O2/c14-15-13-11-7-3-1-5-9(11)10-6-2-4-8-12(10)13/h1-8,13-14H. The van der Waals surface area contributed by atoms with Gasteiger partial charge in [0.05, 0.1) is 0 Å². The van der Waals surface area contributed by atoms with E-state index in [1.807, 2.05) is 48.5 Å². The van der Waals surface area contributed by atoms with Crippen LogP contribution in [0.4, 0.5) is 0 Å². The van der Waals surface area contributed by atoms with Gasteiger partial charge in [-0.3, -0.25) is 5.26 Å². The summed E-state index contributed by atoms with van der Waals surface area (Å²) < 4.78 is 0. The first-order valence-corrected chi connectivity index (χ1v) is 4.90. The van der Waals surface area contributed by atoms with Crippen LogP contribution in [0.25, 0.3) is 11.1 Å². The first-order chi connectivity index (χ1) is 7.42. The highest BCUT2D eigenvalue weighted by molar-refractivity contribution is 5.77. The molecular weight excluding hydrogens is 188 g/mol. The molecule has 0 aliphatic heterocycles. The molecular formula is C13H10O2. The van der Waals surface area contributed by atoms with E-state index in [0.717, 1.165) is 22.3 Å². The topological polar surface area (TPSA) is 29.5 Å². The molecule has 2 nitrogen and oxygen atoms in total. The molecule has 0 heterocycles. The second-order valence-electron chi connectivity index (χ2n) is 3.66. The Balaban J connectivity index is 2.31. The normalized spacial score (nSPS) is 13.7. The van der Waals surface area contributed by atoms with E-state index in [4.69, 9.17) is 5.26 Å². The van der Waals surface area contributed by atoms with Crippen molar-refractivity contribution in [1.29, 1.82) is 0 Å². The van der Waals surface area contributed by atoms with E-state index in [1.54, 1.807) is 0 Å². The van der Waals surface area contributed by atoms with E-state index in [-0.39, 0.29) is 6.10 Å². The fourth-order valence-corrected chi connectivity index (χ4v) is 2.22. The molecule has 0 spiro atoms. The highest BCUT2D eigenvalue weighted by atomic mass is 17.1. The lowest BCUT2D eigenvalue weighted by Crippen LogP contribution is -1.98. The third kappa shape index (κ3) is 1.12. The van der Waals surface area contributed by atoms with Gasteiger partial charge < -0.3 is 0 Å². The molecule has 0 saturated heterocycles. The first-order valence-electron chi connectivity index (χ1n) is 4.90. The van der Waals surface area contributed by atoms with Gasteiger partial charge >= 0.3 is 0 Å². The van der Waals surface area contributed by atoms with Crippen LogP contribution in [0.15, 0.2) is 48.5 Å². The summed E-state index contributed by atoms with van der Waals surface area (Å²) in [5.41, 5.74) is 4.35. The van der Waals surface area contributed by atoms with Crippen LogP contribution in [-0.2, 0) is 4.89 Å². The summed E-state index contributed by atoms with van der Waals surface area (Å²) in [6.07, 6.45) is -0.336. The Hall–Kier alpha value is -1.64. The Kier molecular flexibility index (Phi) is 1.84. The van der Waals surface area contributed by atoms with Crippen LogP contribution in [-0.4, -0.2) is 5.26 Å². The maximum atomic E-state index is 8.96. The SMILES string of the molecule is OOC1c2ccccc2-c2ccccc21. The number of hydrogen-bond acceptors (Lipinski definition) is 2. The highest BCUT2D eigenvalue weighted by Crippen LogP contribution is 2.44. The van der Waals surface area contributed by atoms with Crippen molar-refractivity contribution in [2.75, 3.05) is 0 Å². The van der Waals surface area contributed by atoms with Crippen molar-refractivity contribution in [3.63, 3.8) is 0 Å². The molecule has 1 aliphatic carbocycles. The zero-order valence-electron chi connectivity index (χ0n) is 8.05. The Labute approximate surface area is 87.7 Å². The molecule has 1 N–H and O–H groups in total. The number of hydrogen-bond donors (Lipinski definition) is 1. The third-order valence-electron chi connectivity index (χ3n) is 2.88. The summed E-state index contributed by atoms with van der Waals surface area (Å²) in [6.45, 7) is 0. The Morgan fingerprint density at radius 1 is 0.800 bits per heavy atom. The van der Waals surface area contributed by atoms with Crippen molar-refractivity contribution >= 4 is 0 Å². The van der Waals surface area contributed by atoms with Crippen molar-refractivity contribution in [2.45, 2.75) is 6.10 Å². The van der Waals surface area contributed by atoms with Gasteiger partial charge in [0, 0.05) is 0 Å². The molecule has 0 fully saturated rings. The van der Waals surface area contributed by atoms with Crippen LogP contribution in [0.5, 0.6) is 0 Å². The van der Waals surface area contributed by atoms with E-state index < -0.39 is 0 Å².